The molecular formula is C17H16BrNO4. The van der Waals surface area contributed by atoms with Crippen LogP contribution in [0.3, 0.4) is 0 Å². The molecule has 2 rings (SSSR count). The Bertz CT molecular complexity index is 792. The van der Waals surface area contributed by atoms with Crippen LogP contribution in [0.25, 0.3) is 0 Å². The van der Waals surface area contributed by atoms with Crippen molar-refractivity contribution in [1.82, 2.24) is 4.98 Å². The van der Waals surface area contributed by atoms with Crippen LogP contribution < -0.4 is 0 Å². The quantitative estimate of drug-likeness (QED) is 0.637. The topological polar surface area (TPSA) is 76.2 Å². The summed E-state index contributed by atoms with van der Waals surface area (Å²) in [6.07, 6.45) is 0. The molecule has 5 nitrogen and oxygen atoms in total. The van der Waals surface area contributed by atoms with Crippen LogP contribution in [0, 0.1) is 13.8 Å². The van der Waals surface area contributed by atoms with Gasteiger partial charge in [0.1, 0.15) is 0 Å². The second-order valence-corrected chi connectivity index (χ2v) is 6.11. The lowest BCUT2D eigenvalue weighted by atomic mass is 10.1. The summed E-state index contributed by atoms with van der Waals surface area (Å²) in [5, 5.41) is 0. The van der Waals surface area contributed by atoms with Crippen LogP contribution in [0.5, 0.6) is 0 Å². The summed E-state index contributed by atoms with van der Waals surface area (Å²) in [6, 6.07) is 6.72. The van der Waals surface area contributed by atoms with Gasteiger partial charge in [-0.3, -0.25) is 9.59 Å². The van der Waals surface area contributed by atoms with Gasteiger partial charge in [-0.05, 0) is 44.5 Å². The molecule has 0 aliphatic carbocycles. The lowest BCUT2D eigenvalue weighted by molar-refractivity contribution is 0.0473. The zero-order chi connectivity index (χ0) is 17.1. The molecule has 1 heterocycles. The summed E-state index contributed by atoms with van der Waals surface area (Å²) in [5.41, 5.74) is 2.38. The van der Waals surface area contributed by atoms with Crippen LogP contribution in [0.15, 0.2) is 28.7 Å². The van der Waals surface area contributed by atoms with Crippen molar-refractivity contribution in [1.29, 1.82) is 0 Å². The van der Waals surface area contributed by atoms with Crippen molar-refractivity contribution in [3.8, 4) is 0 Å². The molecule has 0 saturated carbocycles. The SMILES string of the molecule is CC(=O)c1c(C)[nH]c(C(=O)COC(=O)c2cccc(Br)c2)c1C. The molecule has 23 heavy (non-hydrogen) atoms. The Kier molecular flexibility index (Phi) is 5.15. The minimum Gasteiger partial charge on any atom is -0.454 e. The number of H-pyrrole nitrogens is 1. The first-order valence-electron chi connectivity index (χ1n) is 6.97. The molecule has 0 saturated heterocycles. The Hall–Kier alpha value is -2.21. The first kappa shape index (κ1) is 17.1. The van der Waals surface area contributed by atoms with Gasteiger partial charge in [0.15, 0.2) is 12.4 Å². The number of benzene rings is 1. The largest absolute Gasteiger partial charge is 0.454 e. The van der Waals surface area contributed by atoms with Gasteiger partial charge in [0.2, 0.25) is 5.78 Å². The predicted octanol–water partition coefficient (Wildman–Crippen LogP) is 3.64. The average Bonchev–Trinajstić information content (AvgIpc) is 2.79. The van der Waals surface area contributed by atoms with E-state index in [1.807, 2.05) is 0 Å². The molecule has 0 aliphatic heterocycles. The fourth-order valence-electron chi connectivity index (χ4n) is 2.46. The molecule has 0 amide bonds. The number of carbonyl (C=O) groups excluding carboxylic acids is 3. The number of hydrogen-bond donors (Lipinski definition) is 1. The number of hydrogen-bond acceptors (Lipinski definition) is 4. The van der Waals surface area contributed by atoms with Gasteiger partial charge in [0.25, 0.3) is 0 Å². The summed E-state index contributed by atoms with van der Waals surface area (Å²) in [6.45, 7) is 4.49. The number of esters is 1. The van der Waals surface area contributed by atoms with Crippen molar-refractivity contribution in [3.63, 3.8) is 0 Å². The normalized spacial score (nSPS) is 10.4. The van der Waals surface area contributed by atoms with Crippen molar-refractivity contribution in [2.45, 2.75) is 20.8 Å². The standard InChI is InChI=1S/C17H16BrNO4/c1-9-15(11(3)20)10(2)19-16(9)14(21)8-23-17(22)12-5-4-6-13(18)7-12/h4-7,19H,8H2,1-3H3. The molecule has 0 spiro atoms. The number of ether oxygens (including phenoxy) is 1. The first-order chi connectivity index (χ1) is 10.8. The Balaban J connectivity index is 2.10. The van der Waals surface area contributed by atoms with E-state index < -0.39 is 5.97 Å². The smallest absolute Gasteiger partial charge is 0.338 e. The molecule has 0 unspecified atom stereocenters. The monoisotopic (exact) mass is 377 g/mol. The van der Waals surface area contributed by atoms with E-state index >= 15 is 0 Å². The van der Waals surface area contributed by atoms with Gasteiger partial charge >= 0.3 is 5.97 Å². The average molecular weight is 378 g/mol. The molecule has 0 bridgehead atoms. The minimum atomic E-state index is -0.577. The summed E-state index contributed by atoms with van der Waals surface area (Å²) >= 11 is 3.27. The molecule has 0 atom stereocenters. The number of aromatic nitrogens is 1. The van der Waals surface area contributed by atoms with E-state index in [9.17, 15) is 14.4 Å². The summed E-state index contributed by atoms with van der Waals surface area (Å²) in [5.74, 6) is -1.06. The molecule has 1 aromatic heterocycles. The number of Topliss-reactive ketones (excluding diaryl/α,β-unsaturated/α-hetero) is 2. The van der Waals surface area contributed by atoms with Crippen molar-refractivity contribution >= 4 is 33.5 Å². The maximum Gasteiger partial charge on any atom is 0.338 e. The number of ketones is 2. The van der Waals surface area contributed by atoms with Gasteiger partial charge in [-0.2, -0.15) is 0 Å². The van der Waals surface area contributed by atoms with Crippen LogP contribution in [0.2, 0.25) is 0 Å². The summed E-state index contributed by atoms with van der Waals surface area (Å²) in [4.78, 5) is 38.6. The third-order valence-electron chi connectivity index (χ3n) is 3.46. The highest BCUT2D eigenvalue weighted by molar-refractivity contribution is 9.10. The number of aromatic amines is 1. The number of aryl methyl sites for hydroxylation is 1. The van der Waals surface area contributed by atoms with Crippen molar-refractivity contribution in [2.24, 2.45) is 0 Å². The van der Waals surface area contributed by atoms with Gasteiger partial charge in [0.05, 0.1) is 11.3 Å². The highest BCUT2D eigenvalue weighted by atomic mass is 79.9. The van der Waals surface area contributed by atoms with Gasteiger partial charge in [0, 0.05) is 15.7 Å². The van der Waals surface area contributed by atoms with E-state index in [2.05, 4.69) is 20.9 Å². The van der Waals surface area contributed by atoms with Crippen LogP contribution >= 0.6 is 15.9 Å². The second kappa shape index (κ2) is 6.91. The molecule has 0 aliphatic rings. The van der Waals surface area contributed by atoms with Crippen LogP contribution in [0.1, 0.15) is 49.4 Å². The molecule has 2 aromatic rings. The molecule has 1 aromatic carbocycles. The van der Waals surface area contributed by atoms with E-state index in [-0.39, 0.29) is 18.2 Å². The minimum absolute atomic E-state index is 0.110. The molecular weight excluding hydrogens is 362 g/mol. The van der Waals surface area contributed by atoms with Gasteiger partial charge < -0.3 is 9.72 Å². The van der Waals surface area contributed by atoms with E-state index in [1.54, 1.807) is 38.1 Å². The van der Waals surface area contributed by atoms with Crippen LogP contribution in [-0.4, -0.2) is 29.1 Å². The van der Waals surface area contributed by atoms with E-state index in [0.717, 1.165) is 4.47 Å². The zero-order valence-electron chi connectivity index (χ0n) is 13.0. The maximum absolute atomic E-state index is 12.2. The lowest BCUT2D eigenvalue weighted by Gasteiger charge is -2.05. The number of rotatable bonds is 5. The molecule has 120 valence electrons. The van der Waals surface area contributed by atoms with Crippen LogP contribution in [0.4, 0.5) is 0 Å². The zero-order valence-corrected chi connectivity index (χ0v) is 14.6. The van der Waals surface area contributed by atoms with Crippen molar-refractivity contribution in [3.05, 3.63) is 56.8 Å². The van der Waals surface area contributed by atoms with Gasteiger partial charge in [-0.25, -0.2) is 4.79 Å². The Labute approximate surface area is 142 Å². The number of carbonyl (C=O) groups is 3. The number of halogens is 1. The summed E-state index contributed by atoms with van der Waals surface area (Å²) in [7, 11) is 0. The lowest BCUT2D eigenvalue weighted by Crippen LogP contribution is -2.15. The first-order valence-corrected chi connectivity index (χ1v) is 7.76. The Morgan fingerprint density at radius 3 is 2.48 bits per heavy atom. The van der Waals surface area contributed by atoms with Crippen molar-refractivity contribution < 1.29 is 19.1 Å². The molecule has 0 radical (unpaired) electrons. The fourth-order valence-corrected chi connectivity index (χ4v) is 2.86. The Morgan fingerprint density at radius 2 is 1.91 bits per heavy atom. The third-order valence-corrected chi connectivity index (χ3v) is 3.96. The Morgan fingerprint density at radius 1 is 1.22 bits per heavy atom. The second-order valence-electron chi connectivity index (χ2n) is 5.19. The van der Waals surface area contributed by atoms with Gasteiger partial charge in [-0.15, -0.1) is 0 Å². The fraction of sp³-hybridized carbons (Fsp3) is 0.235. The molecule has 6 heteroatoms. The molecule has 0 fully saturated rings. The maximum atomic E-state index is 12.2. The number of nitrogens with one attached hydrogen (secondary N) is 1. The van der Waals surface area contributed by atoms with Gasteiger partial charge in [-0.1, -0.05) is 22.0 Å². The van der Waals surface area contributed by atoms with Crippen LogP contribution in [-0.2, 0) is 4.74 Å². The summed E-state index contributed by atoms with van der Waals surface area (Å²) < 4.78 is 5.80. The highest BCUT2D eigenvalue weighted by Crippen LogP contribution is 2.19. The van der Waals surface area contributed by atoms with E-state index in [1.165, 1.54) is 6.92 Å². The third kappa shape index (κ3) is 3.76. The molecule has 1 N–H and O–H groups in total. The highest BCUT2D eigenvalue weighted by Gasteiger charge is 2.21. The van der Waals surface area contributed by atoms with Crippen molar-refractivity contribution in [2.75, 3.05) is 6.61 Å². The van der Waals surface area contributed by atoms with E-state index in [0.29, 0.717) is 28.1 Å². The van der Waals surface area contributed by atoms with E-state index in [4.69, 9.17) is 4.74 Å². The predicted molar refractivity (Wildman–Crippen MR) is 89.0 cm³/mol.